The van der Waals surface area contributed by atoms with Crippen molar-refractivity contribution >= 4 is 11.4 Å². The molecule has 1 aromatic heterocycles. The zero-order valence-electron chi connectivity index (χ0n) is 17.3. The van der Waals surface area contributed by atoms with Crippen LogP contribution < -0.4 is 15.4 Å². The molecule has 3 aromatic rings. The highest BCUT2D eigenvalue weighted by atomic mass is 19.1. The fourth-order valence-corrected chi connectivity index (χ4v) is 3.67. The molecule has 0 saturated heterocycles. The number of hydrogen-bond donors (Lipinski definition) is 1. The molecule has 0 saturated carbocycles. The monoisotopic (exact) mass is 428 g/mol. The summed E-state index contributed by atoms with van der Waals surface area (Å²) in [6, 6.07) is 7.49. The highest BCUT2D eigenvalue weighted by Gasteiger charge is 2.26. The lowest BCUT2D eigenvalue weighted by atomic mass is 10.1. The van der Waals surface area contributed by atoms with Crippen LogP contribution in [0.15, 0.2) is 36.5 Å². The van der Waals surface area contributed by atoms with Gasteiger partial charge in [0, 0.05) is 18.0 Å². The SMILES string of the molecule is CCC(C)N1CCOc2c(F)cc(-c3nc(Cc4ccc(N)c(F)c4)ncc3F)cc21. The molecular formula is C23H23F3N4O. The zero-order valence-corrected chi connectivity index (χ0v) is 17.3. The van der Waals surface area contributed by atoms with E-state index < -0.39 is 17.5 Å². The van der Waals surface area contributed by atoms with Crippen molar-refractivity contribution in [3.05, 3.63) is 65.4 Å². The topological polar surface area (TPSA) is 64.3 Å². The molecule has 0 fully saturated rings. The van der Waals surface area contributed by atoms with Gasteiger partial charge in [0.05, 0.1) is 24.1 Å². The summed E-state index contributed by atoms with van der Waals surface area (Å²) in [5.41, 5.74) is 7.00. The number of hydrogen-bond acceptors (Lipinski definition) is 5. The first-order valence-corrected chi connectivity index (χ1v) is 10.2. The number of ether oxygens (including phenoxy) is 1. The minimum Gasteiger partial charge on any atom is -0.486 e. The third-order valence-corrected chi connectivity index (χ3v) is 5.53. The van der Waals surface area contributed by atoms with E-state index in [0.717, 1.165) is 12.6 Å². The maximum atomic E-state index is 14.8. The summed E-state index contributed by atoms with van der Waals surface area (Å²) < 4.78 is 48.8. The van der Waals surface area contributed by atoms with Gasteiger partial charge in [0.2, 0.25) is 0 Å². The molecule has 1 atom stereocenters. The number of nitrogens with two attached hydrogens (primary N) is 1. The lowest BCUT2D eigenvalue weighted by molar-refractivity contribution is 0.285. The maximum absolute atomic E-state index is 14.8. The first-order chi connectivity index (χ1) is 14.9. The molecule has 8 heteroatoms. The van der Waals surface area contributed by atoms with Crippen LogP contribution in [0.2, 0.25) is 0 Å². The molecule has 4 rings (SSSR count). The average Bonchev–Trinajstić information content (AvgIpc) is 2.76. The molecular weight excluding hydrogens is 405 g/mol. The van der Waals surface area contributed by atoms with Crippen molar-refractivity contribution in [2.45, 2.75) is 32.7 Å². The summed E-state index contributed by atoms with van der Waals surface area (Å²) in [5.74, 6) is -1.32. The number of halogens is 3. The molecule has 0 radical (unpaired) electrons. The van der Waals surface area contributed by atoms with Gasteiger partial charge in [-0.15, -0.1) is 0 Å². The Kier molecular flexibility index (Phi) is 5.71. The number of anilines is 2. The lowest BCUT2D eigenvalue weighted by Crippen LogP contribution is -2.39. The minimum absolute atomic E-state index is 0.0164. The molecule has 1 aliphatic heterocycles. The van der Waals surface area contributed by atoms with Crippen LogP contribution in [-0.2, 0) is 6.42 Å². The average molecular weight is 428 g/mol. The molecule has 1 unspecified atom stereocenters. The second-order valence-electron chi connectivity index (χ2n) is 7.62. The molecule has 5 nitrogen and oxygen atoms in total. The first kappa shape index (κ1) is 21.0. The number of rotatable bonds is 5. The fraction of sp³-hybridized carbons (Fsp3) is 0.304. The molecule has 0 bridgehead atoms. The normalized spacial score (nSPS) is 14.2. The summed E-state index contributed by atoms with van der Waals surface area (Å²) >= 11 is 0. The van der Waals surface area contributed by atoms with Gasteiger partial charge in [0.25, 0.3) is 0 Å². The van der Waals surface area contributed by atoms with Crippen LogP contribution in [0.4, 0.5) is 24.5 Å². The van der Waals surface area contributed by atoms with Crippen molar-refractivity contribution in [1.29, 1.82) is 0 Å². The van der Waals surface area contributed by atoms with Gasteiger partial charge in [-0.1, -0.05) is 13.0 Å². The van der Waals surface area contributed by atoms with Crippen molar-refractivity contribution in [2.24, 2.45) is 0 Å². The van der Waals surface area contributed by atoms with Crippen molar-refractivity contribution in [3.63, 3.8) is 0 Å². The van der Waals surface area contributed by atoms with E-state index in [0.29, 0.717) is 30.0 Å². The Bertz CT molecular complexity index is 1120. The standard InChI is InChI=1S/C23H23F3N4O/c1-3-13(2)30-6-7-31-23-17(25)10-15(11-20(23)30)22-18(26)12-28-21(29-22)9-14-4-5-19(27)16(24)8-14/h4-5,8,10-13H,3,6-7,9,27H2,1-2H3. The van der Waals surface area contributed by atoms with Gasteiger partial charge in [-0.2, -0.15) is 0 Å². The third-order valence-electron chi connectivity index (χ3n) is 5.53. The van der Waals surface area contributed by atoms with Crippen molar-refractivity contribution < 1.29 is 17.9 Å². The minimum atomic E-state index is -0.668. The largest absolute Gasteiger partial charge is 0.486 e. The van der Waals surface area contributed by atoms with E-state index in [-0.39, 0.29) is 35.4 Å². The molecule has 2 N–H and O–H groups in total. The number of nitrogen functional groups attached to an aromatic ring is 1. The van der Waals surface area contributed by atoms with Crippen LogP contribution in [0.25, 0.3) is 11.3 Å². The lowest BCUT2D eigenvalue weighted by Gasteiger charge is -2.36. The number of benzene rings is 2. The summed E-state index contributed by atoms with van der Waals surface area (Å²) in [5, 5.41) is 0. The molecule has 0 aliphatic carbocycles. The van der Waals surface area contributed by atoms with Crippen molar-refractivity contribution in [1.82, 2.24) is 9.97 Å². The van der Waals surface area contributed by atoms with E-state index >= 15 is 0 Å². The second kappa shape index (κ2) is 8.45. The third kappa shape index (κ3) is 4.15. The van der Waals surface area contributed by atoms with Gasteiger partial charge in [-0.05, 0) is 43.2 Å². The summed E-state index contributed by atoms with van der Waals surface area (Å²) in [4.78, 5) is 10.4. The van der Waals surface area contributed by atoms with Gasteiger partial charge in [-0.3, -0.25) is 0 Å². The van der Waals surface area contributed by atoms with Crippen molar-refractivity contribution in [2.75, 3.05) is 23.8 Å². The van der Waals surface area contributed by atoms with Crippen LogP contribution >= 0.6 is 0 Å². The van der Waals surface area contributed by atoms with Crippen LogP contribution in [0.3, 0.4) is 0 Å². The van der Waals surface area contributed by atoms with Gasteiger partial charge in [0.1, 0.15) is 23.9 Å². The first-order valence-electron chi connectivity index (χ1n) is 10.2. The molecule has 1 aliphatic rings. The Hall–Kier alpha value is -3.29. The van der Waals surface area contributed by atoms with Gasteiger partial charge >= 0.3 is 0 Å². The molecule has 0 amide bonds. The Balaban J connectivity index is 1.73. The smallest absolute Gasteiger partial charge is 0.178 e. The highest BCUT2D eigenvalue weighted by Crippen LogP contribution is 2.39. The Morgan fingerprint density at radius 2 is 1.94 bits per heavy atom. The predicted octanol–water partition coefficient (Wildman–Crippen LogP) is 4.73. The van der Waals surface area contributed by atoms with E-state index in [1.165, 1.54) is 18.2 Å². The van der Waals surface area contributed by atoms with E-state index in [2.05, 4.69) is 28.7 Å². The number of nitrogens with zero attached hydrogens (tertiary/aromatic N) is 3. The molecule has 2 heterocycles. The van der Waals surface area contributed by atoms with Crippen LogP contribution in [0.1, 0.15) is 31.7 Å². The van der Waals surface area contributed by atoms with E-state index in [1.54, 1.807) is 12.1 Å². The Morgan fingerprint density at radius 1 is 1.13 bits per heavy atom. The number of aromatic nitrogens is 2. The van der Waals surface area contributed by atoms with Crippen LogP contribution in [-0.4, -0.2) is 29.2 Å². The molecule has 162 valence electrons. The second-order valence-corrected chi connectivity index (χ2v) is 7.62. The molecule has 31 heavy (non-hydrogen) atoms. The molecule has 2 aromatic carbocycles. The van der Waals surface area contributed by atoms with Crippen LogP contribution in [0.5, 0.6) is 5.75 Å². The predicted molar refractivity (Wildman–Crippen MR) is 114 cm³/mol. The van der Waals surface area contributed by atoms with Gasteiger partial charge in [-0.25, -0.2) is 23.1 Å². The number of fused-ring (bicyclic) bond motifs is 1. The summed E-state index contributed by atoms with van der Waals surface area (Å²) in [7, 11) is 0. The fourth-order valence-electron chi connectivity index (χ4n) is 3.67. The van der Waals surface area contributed by atoms with E-state index in [9.17, 15) is 13.2 Å². The maximum Gasteiger partial charge on any atom is 0.178 e. The Morgan fingerprint density at radius 3 is 2.68 bits per heavy atom. The summed E-state index contributed by atoms with van der Waals surface area (Å²) in [6.07, 6.45) is 2.10. The van der Waals surface area contributed by atoms with Crippen LogP contribution in [0, 0.1) is 17.5 Å². The van der Waals surface area contributed by atoms with E-state index in [1.807, 2.05) is 0 Å². The van der Waals surface area contributed by atoms with Crippen molar-refractivity contribution in [3.8, 4) is 17.0 Å². The zero-order chi connectivity index (χ0) is 22.1. The Labute approximate surface area is 178 Å². The van der Waals surface area contributed by atoms with Gasteiger partial charge < -0.3 is 15.4 Å². The quantitative estimate of drug-likeness (QED) is 0.595. The molecule has 0 spiro atoms. The summed E-state index contributed by atoms with van der Waals surface area (Å²) in [6.45, 7) is 5.11. The van der Waals surface area contributed by atoms with E-state index in [4.69, 9.17) is 10.5 Å². The van der Waals surface area contributed by atoms with Gasteiger partial charge in [0.15, 0.2) is 17.4 Å². The highest BCUT2D eigenvalue weighted by molar-refractivity contribution is 5.72.